The van der Waals surface area contributed by atoms with Gasteiger partial charge in [-0.1, -0.05) is 97.3 Å². The van der Waals surface area contributed by atoms with Crippen molar-refractivity contribution in [1.82, 2.24) is 4.90 Å². The van der Waals surface area contributed by atoms with Crippen LogP contribution in [0.3, 0.4) is 0 Å². The van der Waals surface area contributed by atoms with Crippen molar-refractivity contribution in [2.45, 2.75) is 129 Å². The van der Waals surface area contributed by atoms with E-state index in [2.05, 4.69) is 13.8 Å². The summed E-state index contributed by atoms with van der Waals surface area (Å²) in [4.78, 5) is 27.4. The molecule has 0 unspecified atom stereocenters. The molecule has 3 nitrogen and oxygen atoms in total. The van der Waals surface area contributed by atoms with Gasteiger partial charge in [0.15, 0.2) is 0 Å². The minimum absolute atomic E-state index is 0.0922. The van der Waals surface area contributed by atoms with E-state index in [1.54, 1.807) is 4.90 Å². The number of hydrogen-bond donors (Lipinski definition) is 0. The van der Waals surface area contributed by atoms with Crippen LogP contribution in [0.2, 0.25) is 0 Å². The zero-order valence-electron chi connectivity index (χ0n) is 18.3. The number of amides is 2. The second kappa shape index (κ2) is 16.1. The SMILES string of the molecule is CCCCCCCCC(=O)N(CCCCCCCC)C(=O)C1CCCCC1. The van der Waals surface area contributed by atoms with Crippen LogP contribution in [0.1, 0.15) is 129 Å². The zero-order chi connectivity index (χ0) is 19.7. The molecule has 0 heterocycles. The summed E-state index contributed by atoms with van der Waals surface area (Å²) in [6.07, 6.45) is 20.3. The molecule has 158 valence electrons. The topological polar surface area (TPSA) is 37.4 Å². The van der Waals surface area contributed by atoms with Crippen molar-refractivity contribution in [3.63, 3.8) is 0 Å². The molecule has 0 aromatic heterocycles. The molecule has 0 saturated heterocycles. The molecule has 0 aliphatic heterocycles. The van der Waals surface area contributed by atoms with Gasteiger partial charge in [0.05, 0.1) is 0 Å². The molecule has 0 atom stereocenters. The molecule has 0 aromatic rings. The van der Waals surface area contributed by atoms with Crippen LogP contribution in [0.4, 0.5) is 0 Å². The number of nitrogens with zero attached hydrogens (tertiary/aromatic N) is 1. The van der Waals surface area contributed by atoms with E-state index in [0.717, 1.165) is 51.4 Å². The summed E-state index contributed by atoms with van der Waals surface area (Å²) in [7, 11) is 0. The van der Waals surface area contributed by atoms with E-state index in [4.69, 9.17) is 0 Å². The normalized spacial score (nSPS) is 15.0. The Bertz CT molecular complexity index is 388. The lowest BCUT2D eigenvalue weighted by molar-refractivity contribution is -0.148. The summed E-state index contributed by atoms with van der Waals surface area (Å²) in [5.41, 5.74) is 0. The van der Waals surface area contributed by atoms with E-state index in [-0.39, 0.29) is 17.7 Å². The quantitative estimate of drug-likeness (QED) is 0.286. The summed E-state index contributed by atoms with van der Waals surface area (Å²) < 4.78 is 0. The lowest BCUT2D eigenvalue weighted by Crippen LogP contribution is -2.42. The van der Waals surface area contributed by atoms with Gasteiger partial charge < -0.3 is 0 Å². The highest BCUT2D eigenvalue weighted by Gasteiger charge is 2.29. The predicted octanol–water partition coefficient (Wildman–Crippen LogP) is 7.03. The molecule has 0 bridgehead atoms. The molecule has 3 heteroatoms. The van der Waals surface area contributed by atoms with Gasteiger partial charge in [-0.15, -0.1) is 0 Å². The summed E-state index contributed by atoms with van der Waals surface area (Å²) in [5.74, 6) is 0.334. The molecule has 0 radical (unpaired) electrons. The molecule has 2 amide bonds. The van der Waals surface area contributed by atoms with Crippen LogP contribution in [0.15, 0.2) is 0 Å². The van der Waals surface area contributed by atoms with Crippen LogP contribution in [0.25, 0.3) is 0 Å². The van der Waals surface area contributed by atoms with E-state index < -0.39 is 0 Å². The van der Waals surface area contributed by atoms with Crippen molar-refractivity contribution in [1.29, 1.82) is 0 Å². The number of carbonyl (C=O) groups is 2. The van der Waals surface area contributed by atoms with E-state index in [1.807, 2.05) is 0 Å². The van der Waals surface area contributed by atoms with Crippen LogP contribution < -0.4 is 0 Å². The maximum absolute atomic E-state index is 13.0. The fourth-order valence-corrected chi connectivity index (χ4v) is 4.17. The van der Waals surface area contributed by atoms with Gasteiger partial charge in [-0.25, -0.2) is 0 Å². The van der Waals surface area contributed by atoms with E-state index >= 15 is 0 Å². The second-order valence-corrected chi connectivity index (χ2v) is 8.50. The van der Waals surface area contributed by atoms with Crippen molar-refractivity contribution >= 4 is 11.8 Å². The van der Waals surface area contributed by atoms with Crippen LogP contribution in [0.5, 0.6) is 0 Å². The van der Waals surface area contributed by atoms with Gasteiger partial charge >= 0.3 is 0 Å². The maximum Gasteiger partial charge on any atom is 0.232 e. The van der Waals surface area contributed by atoms with E-state index in [0.29, 0.717) is 13.0 Å². The molecule has 1 aliphatic rings. The number of hydrogen-bond acceptors (Lipinski definition) is 2. The highest BCUT2D eigenvalue weighted by Crippen LogP contribution is 2.26. The first kappa shape index (κ1) is 24.2. The molecule has 27 heavy (non-hydrogen) atoms. The Balaban J connectivity index is 2.42. The second-order valence-electron chi connectivity index (χ2n) is 8.50. The number of rotatable bonds is 15. The smallest absolute Gasteiger partial charge is 0.232 e. The van der Waals surface area contributed by atoms with Gasteiger partial charge in [0.25, 0.3) is 0 Å². The first-order valence-corrected chi connectivity index (χ1v) is 12.0. The average Bonchev–Trinajstić information content (AvgIpc) is 2.70. The maximum atomic E-state index is 13.0. The van der Waals surface area contributed by atoms with Crippen LogP contribution in [-0.4, -0.2) is 23.3 Å². The van der Waals surface area contributed by atoms with Crippen LogP contribution in [-0.2, 0) is 9.59 Å². The highest BCUT2D eigenvalue weighted by molar-refractivity contribution is 5.96. The van der Waals surface area contributed by atoms with Gasteiger partial charge in [0.1, 0.15) is 0 Å². The molecule has 1 aliphatic carbocycles. The van der Waals surface area contributed by atoms with Crippen LogP contribution in [0, 0.1) is 5.92 Å². The fourth-order valence-electron chi connectivity index (χ4n) is 4.17. The Morgan fingerprint density at radius 1 is 0.704 bits per heavy atom. The Morgan fingerprint density at radius 2 is 1.22 bits per heavy atom. The first-order valence-electron chi connectivity index (χ1n) is 12.0. The third-order valence-electron chi connectivity index (χ3n) is 6.00. The van der Waals surface area contributed by atoms with Gasteiger partial charge in [-0.3, -0.25) is 14.5 Å². The van der Waals surface area contributed by atoms with Gasteiger partial charge in [-0.2, -0.15) is 0 Å². The fraction of sp³-hybridized carbons (Fsp3) is 0.917. The summed E-state index contributed by atoms with van der Waals surface area (Å²) in [5, 5.41) is 0. The van der Waals surface area contributed by atoms with Crippen molar-refractivity contribution in [3.8, 4) is 0 Å². The highest BCUT2D eigenvalue weighted by atomic mass is 16.2. The Kier molecular flexibility index (Phi) is 14.4. The molecular weight excluding hydrogens is 334 g/mol. The molecule has 0 N–H and O–H groups in total. The zero-order valence-corrected chi connectivity index (χ0v) is 18.3. The average molecular weight is 380 g/mol. The Labute approximate surface area is 168 Å². The first-order chi connectivity index (χ1) is 13.2. The standard InChI is InChI=1S/C24H45NO2/c1-3-5-7-9-11-16-20-23(26)25(21-17-12-10-8-6-4-2)24(27)22-18-14-13-15-19-22/h22H,3-21H2,1-2H3. The number of carbonyl (C=O) groups excluding carboxylic acids is 2. The minimum Gasteiger partial charge on any atom is -0.282 e. The van der Waals surface area contributed by atoms with Crippen molar-refractivity contribution in [2.75, 3.05) is 6.54 Å². The van der Waals surface area contributed by atoms with E-state index in [9.17, 15) is 9.59 Å². The van der Waals surface area contributed by atoms with Crippen molar-refractivity contribution in [2.24, 2.45) is 5.92 Å². The van der Waals surface area contributed by atoms with Crippen LogP contribution >= 0.6 is 0 Å². The Morgan fingerprint density at radius 3 is 1.81 bits per heavy atom. The summed E-state index contributed by atoms with van der Waals surface area (Å²) >= 11 is 0. The third kappa shape index (κ3) is 10.9. The Hall–Kier alpha value is -0.860. The van der Waals surface area contributed by atoms with Gasteiger partial charge in [0, 0.05) is 18.9 Å². The molecule has 1 fully saturated rings. The molecular formula is C24H45NO2. The van der Waals surface area contributed by atoms with E-state index in [1.165, 1.54) is 57.8 Å². The monoisotopic (exact) mass is 379 g/mol. The molecule has 0 aromatic carbocycles. The van der Waals surface area contributed by atoms with Gasteiger partial charge in [-0.05, 0) is 25.7 Å². The third-order valence-corrected chi connectivity index (χ3v) is 6.00. The van der Waals surface area contributed by atoms with Crippen molar-refractivity contribution < 1.29 is 9.59 Å². The molecule has 1 rings (SSSR count). The summed E-state index contributed by atoms with van der Waals surface area (Å²) in [6, 6.07) is 0. The molecule has 0 spiro atoms. The van der Waals surface area contributed by atoms with Gasteiger partial charge in [0.2, 0.25) is 11.8 Å². The number of imide groups is 1. The molecule has 1 saturated carbocycles. The largest absolute Gasteiger partial charge is 0.282 e. The lowest BCUT2D eigenvalue weighted by atomic mass is 9.88. The predicted molar refractivity (Wildman–Crippen MR) is 115 cm³/mol. The number of unbranched alkanes of at least 4 members (excludes halogenated alkanes) is 10. The van der Waals surface area contributed by atoms with Crippen molar-refractivity contribution in [3.05, 3.63) is 0 Å². The lowest BCUT2D eigenvalue weighted by Gasteiger charge is -2.28. The minimum atomic E-state index is 0.0922. The summed E-state index contributed by atoms with van der Waals surface area (Å²) in [6.45, 7) is 5.10.